The quantitative estimate of drug-likeness (QED) is 0.592. The molecule has 1 unspecified atom stereocenters. The lowest BCUT2D eigenvalue weighted by atomic mass is 10.1. The summed E-state index contributed by atoms with van der Waals surface area (Å²) in [5.74, 6) is 0.408. The van der Waals surface area contributed by atoms with Crippen molar-refractivity contribution in [2.75, 3.05) is 5.32 Å². The normalized spacial score (nSPS) is 13.1. The van der Waals surface area contributed by atoms with Crippen molar-refractivity contribution in [2.45, 2.75) is 38.7 Å². The predicted octanol–water partition coefficient (Wildman–Crippen LogP) is 4.68. The molecule has 2 aromatic heterocycles. The first-order valence-electron chi connectivity index (χ1n) is 8.40. The number of hydrogen-bond acceptors (Lipinski definition) is 4. The molecule has 0 fully saturated rings. The molecule has 2 heterocycles. The van der Waals surface area contributed by atoms with Crippen molar-refractivity contribution in [3.63, 3.8) is 0 Å². The summed E-state index contributed by atoms with van der Waals surface area (Å²) in [5.41, 5.74) is 0.563. The standard InChI is InChI=1S/C18H18ClF3N4O/c1-2-3-15(27)24-17-16-13(19)8-23-9-14(16)26(25-17)10-11-4-6-12(7-5-11)18(20,21)22/h4-9,15,27H,2-3,10H2,1H3,(H,24,25). The summed E-state index contributed by atoms with van der Waals surface area (Å²) in [5, 5.41) is 18.4. The number of nitrogens with one attached hydrogen (secondary N) is 1. The molecule has 0 aliphatic rings. The van der Waals surface area contributed by atoms with Crippen LogP contribution in [0.4, 0.5) is 19.0 Å². The Morgan fingerprint density at radius 1 is 1.22 bits per heavy atom. The number of rotatable bonds is 6. The van der Waals surface area contributed by atoms with Gasteiger partial charge in [0.25, 0.3) is 0 Å². The van der Waals surface area contributed by atoms with Crippen LogP contribution in [0.2, 0.25) is 5.02 Å². The van der Waals surface area contributed by atoms with E-state index in [9.17, 15) is 18.3 Å². The Morgan fingerprint density at radius 2 is 1.93 bits per heavy atom. The molecule has 0 spiro atoms. The Kier molecular flexibility index (Phi) is 5.57. The number of fused-ring (bicyclic) bond motifs is 1. The van der Waals surface area contributed by atoms with E-state index in [-0.39, 0.29) is 6.54 Å². The Labute approximate surface area is 158 Å². The summed E-state index contributed by atoms with van der Waals surface area (Å²) in [7, 11) is 0. The van der Waals surface area contributed by atoms with Gasteiger partial charge in [-0.1, -0.05) is 37.1 Å². The molecule has 0 aliphatic heterocycles. The molecule has 9 heteroatoms. The minimum atomic E-state index is -4.37. The van der Waals surface area contributed by atoms with Crippen LogP contribution in [0.25, 0.3) is 10.9 Å². The second kappa shape index (κ2) is 7.74. The van der Waals surface area contributed by atoms with Crippen LogP contribution in [0.1, 0.15) is 30.9 Å². The van der Waals surface area contributed by atoms with Crippen molar-refractivity contribution in [1.82, 2.24) is 14.8 Å². The van der Waals surface area contributed by atoms with E-state index in [1.54, 1.807) is 10.9 Å². The minimum Gasteiger partial charge on any atom is -0.374 e. The smallest absolute Gasteiger partial charge is 0.374 e. The van der Waals surface area contributed by atoms with Gasteiger partial charge in [-0.3, -0.25) is 9.67 Å². The minimum absolute atomic E-state index is 0.238. The maximum absolute atomic E-state index is 12.7. The van der Waals surface area contributed by atoms with Crippen molar-refractivity contribution in [3.8, 4) is 0 Å². The lowest BCUT2D eigenvalue weighted by molar-refractivity contribution is -0.137. The number of aliphatic hydroxyl groups is 1. The van der Waals surface area contributed by atoms with Crippen molar-refractivity contribution >= 4 is 28.3 Å². The summed E-state index contributed by atoms with van der Waals surface area (Å²) >= 11 is 6.25. The second-order valence-corrected chi connectivity index (χ2v) is 6.57. The molecule has 2 N–H and O–H groups in total. The molecular weight excluding hydrogens is 381 g/mol. The molecule has 144 valence electrons. The fourth-order valence-corrected chi connectivity index (χ4v) is 3.02. The molecule has 1 atom stereocenters. The lowest BCUT2D eigenvalue weighted by Crippen LogP contribution is -2.18. The molecule has 0 aliphatic carbocycles. The molecule has 3 rings (SSSR count). The van der Waals surface area contributed by atoms with Crippen molar-refractivity contribution < 1.29 is 18.3 Å². The van der Waals surface area contributed by atoms with Crippen LogP contribution in [-0.4, -0.2) is 26.1 Å². The highest BCUT2D eigenvalue weighted by atomic mass is 35.5. The van der Waals surface area contributed by atoms with Crippen molar-refractivity contribution in [2.24, 2.45) is 0 Å². The number of alkyl halides is 3. The van der Waals surface area contributed by atoms with Gasteiger partial charge in [-0.05, 0) is 24.1 Å². The summed E-state index contributed by atoms with van der Waals surface area (Å²) in [6, 6.07) is 4.90. The van der Waals surface area contributed by atoms with Gasteiger partial charge in [0.15, 0.2) is 5.82 Å². The van der Waals surface area contributed by atoms with Gasteiger partial charge in [-0.15, -0.1) is 0 Å². The van der Waals surface area contributed by atoms with Crippen LogP contribution in [0.15, 0.2) is 36.7 Å². The highest BCUT2D eigenvalue weighted by Crippen LogP contribution is 2.31. The first kappa shape index (κ1) is 19.4. The summed E-state index contributed by atoms with van der Waals surface area (Å²) < 4.78 is 39.7. The third kappa shape index (κ3) is 4.33. The number of nitrogens with zero attached hydrogens (tertiary/aromatic N) is 3. The van der Waals surface area contributed by atoms with Crippen molar-refractivity contribution in [1.29, 1.82) is 0 Å². The number of pyridine rings is 1. The maximum atomic E-state index is 12.7. The van der Waals surface area contributed by atoms with Gasteiger partial charge < -0.3 is 10.4 Å². The zero-order valence-electron chi connectivity index (χ0n) is 14.5. The number of aliphatic hydroxyl groups excluding tert-OH is 1. The fourth-order valence-electron chi connectivity index (χ4n) is 2.78. The van der Waals surface area contributed by atoms with Gasteiger partial charge in [-0.2, -0.15) is 18.3 Å². The number of benzene rings is 1. The third-order valence-electron chi connectivity index (χ3n) is 4.09. The summed E-state index contributed by atoms with van der Waals surface area (Å²) in [4.78, 5) is 4.06. The van der Waals surface area contributed by atoms with E-state index in [1.165, 1.54) is 18.3 Å². The zero-order chi connectivity index (χ0) is 19.6. The monoisotopic (exact) mass is 398 g/mol. The Morgan fingerprint density at radius 3 is 2.56 bits per heavy atom. The van der Waals surface area contributed by atoms with Crippen LogP contribution in [0, 0.1) is 0 Å². The van der Waals surface area contributed by atoms with Crippen LogP contribution < -0.4 is 5.32 Å². The largest absolute Gasteiger partial charge is 0.416 e. The number of anilines is 1. The average Bonchev–Trinajstić information content (AvgIpc) is 2.93. The van der Waals surface area contributed by atoms with E-state index in [0.717, 1.165) is 18.6 Å². The van der Waals surface area contributed by atoms with Crippen LogP contribution >= 0.6 is 11.6 Å². The molecule has 0 saturated carbocycles. The molecule has 1 aromatic carbocycles. The molecule has 0 amide bonds. The van der Waals surface area contributed by atoms with E-state index < -0.39 is 18.0 Å². The van der Waals surface area contributed by atoms with Gasteiger partial charge in [0, 0.05) is 6.20 Å². The maximum Gasteiger partial charge on any atom is 0.416 e. The molecule has 0 radical (unpaired) electrons. The van der Waals surface area contributed by atoms with Gasteiger partial charge in [-0.25, -0.2) is 0 Å². The number of aromatic nitrogens is 3. The fraction of sp³-hybridized carbons (Fsp3) is 0.333. The van der Waals surface area contributed by atoms with E-state index in [2.05, 4.69) is 15.4 Å². The topological polar surface area (TPSA) is 63.0 Å². The van der Waals surface area contributed by atoms with E-state index in [4.69, 9.17) is 11.6 Å². The highest BCUT2D eigenvalue weighted by Gasteiger charge is 2.30. The number of halogens is 4. The highest BCUT2D eigenvalue weighted by molar-refractivity contribution is 6.36. The Hall–Kier alpha value is -2.32. The van der Waals surface area contributed by atoms with Crippen LogP contribution in [0.5, 0.6) is 0 Å². The van der Waals surface area contributed by atoms with E-state index in [1.807, 2.05) is 6.92 Å². The van der Waals surface area contributed by atoms with Gasteiger partial charge in [0.1, 0.15) is 6.23 Å². The van der Waals surface area contributed by atoms with Gasteiger partial charge in [0.2, 0.25) is 0 Å². The molecule has 5 nitrogen and oxygen atoms in total. The lowest BCUT2D eigenvalue weighted by Gasteiger charge is -2.11. The van der Waals surface area contributed by atoms with Gasteiger partial charge >= 0.3 is 6.18 Å². The average molecular weight is 399 g/mol. The zero-order valence-corrected chi connectivity index (χ0v) is 15.2. The molecular formula is C18H18ClF3N4O. The SMILES string of the molecule is CCCC(O)Nc1nn(Cc2ccc(C(F)(F)F)cc2)c2cncc(Cl)c12. The first-order chi connectivity index (χ1) is 12.8. The first-order valence-corrected chi connectivity index (χ1v) is 8.78. The number of hydrogen-bond donors (Lipinski definition) is 2. The Bertz CT molecular complexity index is 925. The molecule has 0 saturated heterocycles. The van der Waals surface area contributed by atoms with E-state index >= 15 is 0 Å². The molecule has 0 bridgehead atoms. The Balaban J connectivity index is 1.94. The van der Waals surface area contributed by atoms with Crippen molar-refractivity contribution in [3.05, 3.63) is 52.8 Å². The third-order valence-corrected chi connectivity index (χ3v) is 4.38. The van der Waals surface area contributed by atoms with E-state index in [0.29, 0.717) is 33.7 Å². The molecule has 27 heavy (non-hydrogen) atoms. The molecule has 3 aromatic rings. The summed E-state index contributed by atoms with van der Waals surface area (Å²) in [6.07, 6.45) is -0.775. The second-order valence-electron chi connectivity index (χ2n) is 6.17. The van der Waals surface area contributed by atoms with Gasteiger partial charge in [0.05, 0.1) is 34.2 Å². The van der Waals surface area contributed by atoms with Crippen LogP contribution in [-0.2, 0) is 12.7 Å². The van der Waals surface area contributed by atoms with Crippen LogP contribution in [0.3, 0.4) is 0 Å². The predicted molar refractivity (Wildman–Crippen MR) is 97.6 cm³/mol. The summed E-state index contributed by atoms with van der Waals surface area (Å²) in [6.45, 7) is 2.19.